The van der Waals surface area contributed by atoms with Gasteiger partial charge in [-0.15, -0.1) is 0 Å². The molecule has 2 N–H and O–H groups in total. The lowest BCUT2D eigenvalue weighted by Crippen LogP contribution is -2.57. The molecule has 1 saturated heterocycles. The number of rotatable bonds is 2. The van der Waals surface area contributed by atoms with E-state index in [4.69, 9.17) is 9.47 Å². The van der Waals surface area contributed by atoms with Crippen LogP contribution >= 0.6 is 0 Å². The molecule has 0 radical (unpaired) electrons. The van der Waals surface area contributed by atoms with Gasteiger partial charge in [0.2, 0.25) is 5.88 Å². The Kier molecular flexibility index (Phi) is 5.65. The van der Waals surface area contributed by atoms with Gasteiger partial charge < -0.3 is 19.7 Å². The first kappa shape index (κ1) is 22.3. The third kappa shape index (κ3) is 4.20. The van der Waals surface area contributed by atoms with Gasteiger partial charge in [-0.1, -0.05) is 6.07 Å². The number of fused-ring (bicyclic) bond motifs is 4. The number of aromatic amines is 1. The van der Waals surface area contributed by atoms with E-state index < -0.39 is 0 Å². The summed E-state index contributed by atoms with van der Waals surface area (Å²) in [4.78, 5) is 19.6. The van der Waals surface area contributed by atoms with Gasteiger partial charge in [-0.2, -0.15) is 10.2 Å². The van der Waals surface area contributed by atoms with E-state index in [0.29, 0.717) is 36.8 Å². The van der Waals surface area contributed by atoms with Crippen LogP contribution < -0.4 is 14.8 Å². The number of likely N-dealkylation sites (N-methyl/N-ethyl adjacent to an activating group) is 1. The lowest BCUT2D eigenvalue weighted by Gasteiger charge is -2.36. The quantitative estimate of drug-likeness (QED) is 0.449. The molecular formula is C26H27N7O3. The van der Waals surface area contributed by atoms with Crippen LogP contribution in [0.15, 0.2) is 36.7 Å². The highest BCUT2D eigenvalue weighted by molar-refractivity contribution is 5.96. The van der Waals surface area contributed by atoms with Crippen LogP contribution in [0.5, 0.6) is 11.6 Å². The van der Waals surface area contributed by atoms with Crippen molar-refractivity contribution in [1.29, 1.82) is 0 Å². The zero-order valence-corrected chi connectivity index (χ0v) is 20.2. The van der Waals surface area contributed by atoms with Crippen molar-refractivity contribution in [2.24, 2.45) is 7.05 Å². The predicted octanol–water partition coefficient (Wildman–Crippen LogP) is 2.73. The number of amides is 1. The van der Waals surface area contributed by atoms with E-state index in [1.54, 1.807) is 23.1 Å². The minimum atomic E-state index is -0.0928. The number of pyridine rings is 1. The minimum Gasteiger partial charge on any atom is -0.493 e. The number of nitrogens with one attached hydrogen (secondary N) is 2. The number of hydrogen-bond acceptors (Lipinski definition) is 7. The van der Waals surface area contributed by atoms with Crippen molar-refractivity contribution in [3.05, 3.63) is 53.5 Å². The third-order valence-electron chi connectivity index (χ3n) is 6.52. The maximum Gasteiger partial charge on any atom is 0.251 e. The van der Waals surface area contributed by atoms with Crippen LogP contribution in [0.4, 0.5) is 0 Å². The van der Waals surface area contributed by atoms with Gasteiger partial charge in [0.05, 0.1) is 54.1 Å². The Morgan fingerprint density at radius 3 is 2.83 bits per heavy atom. The summed E-state index contributed by atoms with van der Waals surface area (Å²) in [7, 11) is 3.88. The molecule has 184 valence electrons. The summed E-state index contributed by atoms with van der Waals surface area (Å²) in [6, 6.07) is 7.72. The van der Waals surface area contributed by atoms with Gasteiger partial charge in [-0.25, -0.2) is 4.68 Å². The molecule has 0 atom stereocenters. The number of ether oxygens (including phenoxy) is 2. The Hall–Kier alpha value is -4.18. The maximum absolute atomic E-state index is 12.8. The van der Waals surface area contributed by atoms with Gasteiger partial charge >= 0.3 is 0 Å². The number of aromatic nitrogens is 5. The summed E-state index contributed by atoms with van der Waals surface area (Å²) in [5.41, 5.74) is 4.63. The highest BCUT2D eigenvalue weighted by Crippen LogP contribution is 2.31. The molecule has 2 aliphatic rings. The van der Waals surface area contributed by atoms with Crippen LogP contribution in [-0.4, -0.2) is 75.2 Å². The van der Waals surface area contributed by atoms with E-state index in [1.165, 1.54) is 0 Å². The standard InChI is InChI=1S/C26H27N7O3/c1-32-14-18(15-32)29-25(34)17-5-4-16-6-7-21-19-11-22(27-13-23(19)31-30-21)20-12-28-33(2)26(20)36-9-3-8-35-24(16)10-17/h4-7,10-13,18H,3,8-9,14-15H2,1-2H3,(H,29,34)(H,30,31). The summed E-state index contributed by atoms with van der Waals surface area (Å²) < 4.78 is 13.9. The molecule has 0 spiro atoms. The zero-order chi connectivity index (χ0) is 24.6. The molecule has 0 aliphatic carbocycles. The first-order valence-corrected chi connectivity index (χ1v) is 12.0. The number of aryl methyl sites for hydroxylation is 1. The molecule has 1 amide bonds. The summed E-state index contributed by atoms with van der Waals surface area (Å²) in [6.45, 7) is 2.61. The van der Waals surface area contributed by atoms with E-state index in [9.17, 15) is 4.79 Å². The second kappa shape index (κ2) is 9.12. The molecule has 10 heteroatoms. The van der Waals surface area contributed by atoms with Crippen LogP contribution in [0.25, 0.3) is 34.3 Å². The van der Waals surface area contributed by atoms with Crippen LogP contribution in [0.1, 0.15) is 28.0 Å². The van der Waals surface area contributed by atoms with Crippen LogP contribution in [0, 0.1) is 0 Å². The number of nitrogens with zero attached hydrogens (tertiary/aromatic N) is 5. The van der Waals surface area contributed by atoms with E-state index in [-0.39, 0.29) is 11.9 Å². The van der Waals surface area contributed by atoms with E-state index >= 15 is 0 Å². The fraction of sp³-hybridized carbons (Fsp3) is 0.308. The molecule has 6 rings (SSSR count). The normalized spacial score (nSPS) is 16.3. The number of benzene rings is 1. The van der Waals surface area contributed by atoms with Crippen molar-refractivity contribution in [2.45, 2.75) is 12.5 Å². The van der Waals surface area contributed by atoms with Crippen LogP contribution in [-0.2, 0) is 7.05 Å². The lowest BCUT2D eigenvalue weighted by atomic mass is 10.1. The lowest BCUT2D eigenvalue weighted by molar-refractivity contribution is 0.0857. The monoisotopic (exact) mass is 485 g/mol. The first-order valence-electron chi connectivity index (χ1n) is 12.0. The fourth-order valence-electron chi connectivity index (χ4n) is 4.56. The largest absolute Gasteiger partial charge is 0.493 e. The Bertz CT molecular complexity index is 1470. The zero-order valence-electron chi connectivity index (χ0n) is 20.2. The van der Waals surface area contributed by atoms with Gasteiger partial charge in [0.1, 0.15) is 5.75 Å². The number of carbonyl (C=O) groups excluding carboxylic acids is 1. The van der Waals surface area contributed by atoms with Gasteiger partial charge in [-0.3, -0.25) is 14.9 Å². The van der Waals surface area contributed by atoms with Crippen molar-refractivity contribution >= 4 is 29.0 Å². The van der Waals surface area contributed by atoms with Crippen molar-refractivity contribution in [3.8, 4) is 22.9 Å². The smallest absolute Gasteiger partial charge is 0.251 e. The van der Waals surface area contributed by atoms with E-state index in [0.717, 1.165) is 46.5 Å². The molecule has 2 bridgehead atoms. The highest BCUT2D eigenvalue weighted by atomic mass is 16.5. The predicted molar refractivity (Wildman–Crippen MR) is 136 cm³/mol. The van der Waals surface area contributed by atoms with Gasteiger partial charge in [-0.05, 0) is 37.4 Å². The first-order chi connectivity index (χ1) is 17.5. The van der Waals surface area contributed by atoms with Crippen LogP contribution in [0.3, 0.4) is 0 Å². The molecule has 5 heterocycles. The summed E-state index contributed by atoms with van der Waals surface area (Å²) in [6.07, 6.45) is 8.09. The number of carbonyl (C=O) groups is 1. The SMILES string of the molecule is CN1CC(NC(=O)c2ccc3c(c2)OCCCOc2c(cnn2C)-c2cc4c(n[nH]c4cn2)C=C3)C1. The van der Waals surface area contributed by atoms with Crippen molar-refractivity contribution in [2.75, 3.05) is 33.4 Å². The Morgan fingerprint density at radius 2 is 1.97 bits per heavy atom. The summed E-state index contributed by atoms with van der Waals surface area (Å²) >= 11 is 0. The Balaban J connectivity index is 1.35. The van der Waals surface area contributed by atoms with E-state index in [2.05, 4.69) is 30.5 Å². The molecule has 0 unspecified atom stereocenters. The Labute approximate surface area is 207 Å². The average molecular weight is 486 g/mol. The number of hydrogen-bond donors (Lipinski definition) is 2. The molecule has 1 aromatic carbocycles. The molecule has 10 nitrogen and oxygen atoms in total. The average Bonchev–Trinajstić information content (AvgIpc) is 3.44. The topological polar surface area (TPSA) is 110 Å². The van der Waals surface area contributed by atoms with Gasteiger partial charge in [0.15, 0.2) is 0 Å². The van der Waals surface area contributed by atoms with Crippen molar-refractivity contribution in [3.63, 3.8) is 0 Å². The number of H-pyrrole nitrogens is 1. The van der Waals surface area contributed by atoms with Gasteiger partial charge in [0, 0.05) is 43.1 Å². The van der Waals surface area contributed by atoms with Crippen LogP contribution in [0.2, 0.25) is 0 Å². The van der Waals surface area contributed by atoms with Gasteiger partial charge in [0.25, 0.3) is 5.91 Å². The van der Waals surface area contributed by atoms with Crippen molar-refractivity contribution < 1.29 is 14.3 Å². The molecule has 2 aliphatic heterocycles. The third-order valence-corrected chi connectivity index (χ3v) is 6.52. The molecule has 36 heavy (non-hydrogen) atoms. The molecular weight excluding hydrogens is 458 g/mol. The molecule has 4 aromatic rings. The minimum absolute atomic E-state index is 0.0928. The fourth-order valence-corrected chi connectivity index (χ4v) is 4.56. The number of likely N-dealkylation sites (tertiary alicyclic amines) is 1. The molecule has 3 aromatic heterocycles. The second-order valence-electron chi connectivity index (χ2n) is 9.24. The molecule has 0 saturated carbocycles. The summed E-state index contributed by atoms with van der Waals surface area (Å²) in [5.74, 6) is 1.20. The maximum atomic E-state index is 12.8. The van der Waals surface area contributed by atoms with Crippen molar-refractivity contribution in [1.82, 2.24) is 35.2 Å². The highest BCUT2D eigenvalue weighted by Gasteiger charge is 2.25. The second-order valence-corrected chi connectivity index (χ2v) is 9.24. The summed E-state index contributed by atoms with van der Waals surface area (Å²) in [5, 5.41) is 15.9. The molecule has 1 fully saturated rings. The van der Waals surface area contributed by atoms with E-state index in [1.807, 2.05) is 44.4 Å². The Morgan fingerprint density at radius 1 is 1.11 bits per heavy atom.